The minimum atomic E-state index is -0.900. The zero-order chi connectivity index (χ0) is 15.2. The standard InChI is InChI=1S/C15H25N3O2/c1-15(2,16)14(19)17-12-7-5-8-13(11-12)20-10-6-9-18(3)4/h5,7-8,11H,6,9-10,16H2,1-4H3,(H,17,19). The van der Waals surface area contributed by atoms with Crippen molar-refractivity contribution in [2.24, 2.45) is 5.73 Å². The van der Waals surface area contributed by atoms with Gasteiger partial charge in [0, 0.05) is 18.3 Å². The van der Waals surface area contributed by atoms with Crippen molar-refractivity contribution >= 4 is 11.6 Å². The fourth-order valence-corrected chi connectivity index (χ4v) is 1.53. The first-order chi connectivity index (χ1) is 9.29. The molecule has 0 bridgehead atoms. The summed E-state index contributed by atoms with van der Waals surface area (Å²) in [5.74, 6) is 0.527. The van der Waals surface area contributed by atoms with Crippen molar-refractivity contribution in [2.45, 2.75) is 25.8 Å². The van der Waals surface area contributed by atoms with Crippen LogP contribution in [0, 0.1) is 0 Å². The molecule has 0 unspecified atom stereocenters. The molecule has 0 aliphatic rings. The summed E-state index contributed by atoms with van der Waals surface area (Å²) in [4.78, 5) is 13.9. The number of hydrogen-bond donors (Lipinski definition) is 2. The Morgan fingerprint density at radius 2 is 2.10 bits per heavy atom. The molecule has 1 rings (SSSR count). The number of nitrogens with zero attached hydrogens (tertiary/aromatic N) is 1. The highest BCUT2D eigenvalue weighted by atomic mass is 16.5. The van der Waals surface area contributed by atoms with Crippen molar-refractivity contribution in [2.75, 3.05) is 32.6 Å². The largest absolute Gasteiger partial charge is 0.493 e. The van der Waals surface area contributed by atoms with Crippen molar-refractivity contribution < 1.29 is 9.53 Å². The Hall–Kier alpha value is -1.59. The molecule has 5 nitrogen and oxygen atoms in total. The average Bonchev–Trinajstić information content (AvgIpc) is 2.34. The lowest BCUT2D eigenvalue weighted by molar-refractivity contribution is -0.120. The Bertz CT molecular complexity index is 439. The molecule has 0 saturated heterocycles. The summed E-state index contributed by atoms with van der Waals surface area (Å²) >= 11 is 0. The highest BCUT2D eigenvalue weighted by Gasteiger charge is 2.21. The molecule has 0 spiro atoms. The van der Waals surface area contributed by atoms with Crippen molar-refractivity contribution in [1.29, 1.82) is 0 Å². The monoisotopic (exact) mass is 279 g/mol. The number of amides is 1. The molecule has 20 heavy (non-hydrogen) atoms. The summed E-state index contributed by atoms with van der Waals surface area (Å²) in [5, 5.41) is 2.78. The molecule has 1 amide bonds. The lowest BCUT2D eigenvalue weighted by Crippen LogP contribution is -2.45. The first kappa shape index (κ1) is 16.5. The van der Waals surface area contributed by atoms with E-state index in [0.717, 1.165) is 18.7 Å². The quantitative estimate of drug-likeness (QED) is 0.745. The van der Waals surface area contributed by atoms with E-state index in [4.69, 9.17) is 10.5 Å². The zero-order valence-corrected chi connectivity index (χ0v) is 12.8. The Kier molecular flexibility index (Phi) is 5.98. The molecule has 0 aromatic heterocycles. The van der Waals surface area contributed by atoms with Gasteiger partial charge in [-0.05, 0) is 46.5 Å². The van der Waals surface area contributed by atoms with Crippen LogP contribution in [0.2, 0.25) is 0 Å². The lowest BCUT2D eigenvalue weighted by atomic mass is 10.1. The number of carbonyl (C=O) groups excluding carboxylic acids is 1. The summed E-state index contributed by atoms with van der Waals surface area (Å²) in [6.07, 6.45) is 0.958. The Labute approximate surface area is 121 Å². The van der Waals surface area contributed by atoms with Gasteiger partial charge in [-0.25, -0.2) is 0 Å². The fourth-order valence-electron chi connectivity index (χ4n) is 1.53. The van der Waals surface area contributed by atoms with E-state index in [1.807, 2.05) is 32.3 Å². The van der Waals surface area contributed by atoms with Crippen molar-refractivity contribution in [3.05, 3.63) is 24.3 Å². The van der Waals surface area contributed by atoms with Gasteiger partial charge in [0.2, 0.25) is 5.91 Å². The van der Waals surface area contributed by atoms with Crippen molar-refractivity contribution in [1.82, 2.24) is 4.90 Å². The number of nitrogens with one attached hydrogen (secondary N) is 1. The highest BCUT2D eigenvalue weighted by Crippen LogP contribution is 2.18. The van der Waals surface area contributed by atoms with Gasteiger partial charge in [0.1, 0.15) is 5.75 Å². The Morgan fingerprint density at radius 3 is 2.70 bits per heavy atom. The molecule has 0 radical (unpaired) electrons. The molecule has 0 atom stereocenters. The van der Waals surface area contributed by atoms with Gasteiger partial charge in [0.25, 0.3) is 0 Å². The van der Waals surface area contributed by atoms with Crippen LogP contribution in [0.15, 0.2) is 24.3 Å². The normalized spacial score (nSPS) is 11.5. The van der Waals surface area contributed by atoms with Crippen LogP contribution in [0.5, 0.6) is 5.75 Å². The third kappa shape index (κ3) is 6.04. The van der Waals surface area contributed by atoms with Crippen molar-refractivity contribution in [3.8, 4) is 5.75 Å². The molecule has 0 fully saturated rings. The number of anilines is 1. The van der Waals surface area contributed by atoms with Gasteiger partial charge < -0.3 is 20.7 Å². The van der Waals surface area contributed by atoms with Gasteiger partial charge in [-0.3, -0.25) is 4.79 Å². The highest BCUT2D eigenvalue weighted by molar-refractivity contribution is 5.97. The van der Waals surface area contributed by atoms with E-state index in [-0.39, 0.29) is 5.91 Å². The molecule has 0 aliphatic heterocycles. The molecule has 0 heterocycles. The van der Waals surface area contributed by atoms with Crippen LogP contribution in [-0.2, 0) is 4.79 Å². The summed E-state index contributed by atoms with van der Waals surface area (Å²) < 4.78 is 5.66. The second-order valence-electron chi connectivity index (χ2n) is 5.71. The van der Waals surface area contributed by atoms with Gasteiger partial charge in [-0.2, -0.15) is 0 Å². The smallest absolute Gasteiger partial charge is 0.243 e. The van der Waals surface area contributed by atoms with Crippen molar-refractivity contribution in [3.63, 3.8) is 0 Å². The maximum absolute atomic E-state index is 11.8. The van der Waals surface area contributed by atoms with Crippen LogP contribution in [-0.4, -0.2) is 43.6 Å². The lowest BCUT2D eigenvalue weighted by Gasteiger charge is -2.18. The number of ether oxygens (including phenoxy) is 1. The van der Waals surface area contributed by atoms with Crippen LogP contribution in [0.1, 0.15) is 20.3 Å². The summed E-state index contributed by atoms with van der Waals surface area (Å²) in [5.41, 5.74) is 5.54. The second-order valence-corrected chi connectivity index (χ2v) is 5.71. The van der Waals surface area contributed by atoms with E-state index >= 15 is 0 Å². The first-order valence-electron chi connectivity index (χ1n) is 6.77. The molecule has 1 aromatic rings. The predicted molar refractivity (Wildman–Crippen MR) is 82.0 cm³/mol. The third-order valence-electron chi connectivity index (χ3n) is 2.70. The minimum absolute atomic E-state index is 0.220. The molecule has 5 heteroatoms. The maximum atomic E-state index is 11.8. The van der Waals surface area contributed by atoms with E-state index in [1.54, 1.807) is 19.9 Å². The van der Waals surface area contributed by atoms with E-state index in [0.29, 0.717) is 12.3 Å². The van der Waals surface area contributed by atoms with Gasteiger partial charge in [0.05, 0.1) is 12.1 Å². The molecular formula is C15H25N3O2. The number of hydrogen-bond acceptors (Lipinski definition) is 4. The summed E-state index contributed by atoms with van der Waals surface area (Å²) in [7, 11) is 4.06. The third-order valence-corrected chi connectivity index (χ3v) is 2.70. The molecule has 0 aliphatic carbocycles. The second kappa shape index (κ2) is 7.26. The Morgan fingerprint density at radius 1 is 1.40 bits per heavy atom. The molecular weight excluding hydrogens is 254 g/mol. The van der Waals surface area contributed by atoms with Gasteiger partial charge in [-0.1, -0.05) is 6.07 Å². The van der Waals surface area contributed by atoms with E-state index in [1.165, 1.54) is 0 Å². The SMILES string of the molecule is CN(C)CCCOc1cccc(NC(=O)C(C)(C)N)c1. The maximum Gasteiger partial charge on any atom is 0.243 e. The Balaban J connectivity index is 2.51. The zero-order valence-electron chi connectivity index (χ0n) is 12.8. The van der Waals surface area contributed by atoms with E-state index in [9.17, 15) is 4.79 Å². The van der Waals surface area contributed by atoms with Crippen LogP contribution in [0.3, 0.4) is 0 Å². The number of benzene rings is 1. The molecule has 112 valence electrons. The van der Waals surface area contributed by atoms with Gasteiger partial charge in [0.15, 0.2) is 0 Å². The minimum Gasteiger partial charge on any atom is -0.493 e. The molecule has 1 aromatic carbocycles. The number of nitrogens with two attached hydrogens (primary N) is 1. The van der Waals surface area contributed by atoms with Crippen LogP contribution in [0.25, 0.3) is 0 Å². The van der Waals surface area contributed by atoms with Crippen LogP contribution >= 0.6 is 0 Å². The first-order valence-corrected chi connectivity index (χ1v) is 6.77. The molecule has 3 N–H and O–H groups in total. The summed E-state index contributed by atoms with van der Waals surface area (Å²) in [6.45, 7) is 4.98. The predicted octanol–water partition coefficient (Wildman–Crippen LogP) is 1.69. The van der Waals surface area contributed by atoms with E-state index < -0.39 is 5.54 Å². The number of rotatable bonds is 7. The van der Waals surface area contributed by atoms with Gasteiger partial charge >= 0.3 is 0 Å². The number of carbonyl (C=O) groups is 1. The fraction of sp³-hybridized carbons (Fsp3) is 0.533. The molecule has 0 saturated carbocycles. The van der Waals surface area contributed by atoms with Gasteiger partial charge in [-0.15, -0.1) is 0 Å². The van der Waals surface area contributed by atoms with E-state index in [2.05, 4.69) is 10.2 Å². The summed E-state index contributed by atoms with van der Waals surface area (Å²) in [6, 6.07) is 7.34. The van der Waals surface area contributed by atoms with Crippen LogP contribution in [0.4, 0.5) is 5.69 Å². The average molecular weight is 279 g/mol. The topological polar surface area (TPSA) is 67.6 Å². The van der Waals surface area contributed by atoms with Crippen LogP contribution < -0.4 is 15.8 Å².